The van der Waals surface area contributed by atoms with Crippen LogP contribution in [0, 0.1) is 0 Å². The smallest absolute Gasteiger partial charge is 0.0664 e. The predicted molar refractivity (Wildman–Crippen MR) is 83.8 cm³/mol. The molecule has 1 aromatic heterocycles. The Bertz CT molecular complexity index is 599. The molecule has 0 aliphatic heterocycles. The fourth-order valence-corrected chi connectivity index (χ4v) is 3.51. The number of aliphatic hydroxyl groups is 1. The highest BCUT2D eigenvalue weighted by molar-refractivity contribution is 9.10. The van der Waals surface area contributed by atoms with Crippen molar-refractivity contribution in [3.8, 4) is 0 Å². The first-order valence-corrected chi connectivity index (χ1v) is 7.89. The Kier molecular flexibility index (Phi) is 4.18. The minimum Gasteiger partial charge on any atom is -0.392 e. The van der Waals surface area contributed by atoms with Crippen LogP contribution in [0.5, 0.6) is 0 Å². The predicted octanol–water partition coefficient (Wildman–Crippen LogP) is 3.87. The number of aliphatic hydroxyl groups excluding tert-OH is 1. The highest BCUT2D eigenvalue weighted by atomic mass is 79.9. The van der Waals surface area contributed by atoms with Crippen LogP contribution >= 0.6 is 15.9 Å². The van der Waals surface area contributed by atoms with Gasteiger partial charge in [-0.15, -0.1) is 0 Å². The second-order valence-electron chi connectivity index (χ2n) is 5.45. The van der Waals surface area contributed by atoms with Gasteiger partial charge < -0.3 is 5.11 Å². The van der Waals surface area contributed by atoms with Crippen LogP contribution in [-0.2, 0) is 12.8 Å². The molecule has 2 nitrogen and oxygen atoms in total. The Labute approximate surface area is 128 Å². The molecule has 0 saturated carbocycles. The molecule has 2 aromatic rings. The molecule has 1 aromatic carbocycles. The van der Waals surface area contributed by atoms with Gasteiger partial charge in [-0.05, 0) is 55.0 Å². The van der Waals surface area contributed by atoms with Crippen LogP contribution in [0.2, 0.25) is 0 Å². The van der Waals surface area contributed by atoms with Crippen LogP contribution in [0.1, 0.15) is 35.6 Å². The molecule has 2 atom stereocenters. The van der Waals surface area contributed by atoms with Crippen LogP contribution in [-0.4, -0.2) is 16.2 Å². The zero-order chi connectivity index (χ0) is 13.9. The summed E-state index contributed by atoms with van der Waals surface area (Å²) in [6, 6.07) is 12.3. The molecule has 3 heteroatoms. The standard InChI is InChI=1S/C17H18BrNO/c18-14-7-1-4-12(10-14)11-16(20)15-8-2-5-13-6-3-9-19-17(13)15/h1,3-4,6-7,9-10,15-16,20H,2,5,8,11H2. The monoisotopic (exact) mass is 331 g/mol. The van der Waals surface area contributed by atoms with Crippen molar-refractivity contribution in [3.05, 3.63) is 63.9 Å². The van der Waals surface area contributed by atoms with Crippen molar-refractivity contribution in [2.75, 3.05) is 0 Å². The Morgan fingerprint density at radius 1 is 1.30 bits per heavy atom. The molecular weight excluding hydrogens is 314 g/mol. The summed E-state index contributed by atoms with van der Waals surface area (Å²) in [5, 5.41) is 10.6. The summed E-state index contributed by atoms with van der Waals surface area (Å²) >= 11 is 3.48. The van der Waals surface area contributed by atoms with Gasteiger partial charge in [0.25, 0.3) is 0 Å². The molecule has 3 rings (SSSR count). The van der Waals surface area contributed by atoms with Gasteiger partial charge >= 0.3 is 0 Å². The lowest BCUT2D eigenvalue weighted by Gasteiger charge is -2.28. The van der Waals surface area contributed by atoms with Gasteiger partial charge in [0.05, 0.1) is 6.10 Å². The van der Waals surface area contributed by atoms with E-state index in [2.05, 4.69) is 39.1 Å². The van der Waals surface area contributed by atoms with Crippen molar-refractivity contribution in [3.63, 3.8) is 0 Å². The number of nitrogens with zero attached hydrogens (tertiary/aromatic N) is 1. The third-order valence-corrected chi connectivity index (χ3v) is 4.53. The first kappa shape index (κ1) is 13.8. The van der Waals surface area contributed by atoms with Crippen molar-refractivity contribution in [2.24, 2.45) is 0 Å². The van der Waals surface area contributed by atoms with E-state index in [1.165, 1.54) is 5.56 Å². The third kappa shape index (κ3) is 2.94. The third-order valence-electron chi connectivity index (χ3n) is 4.04. The number of halogens is 1. The zero-order valence-corrected chi connectivity index (χ0v) is 12.9. The van der Waals surface area contributed by atoms with E-state index in [0.29, 0.717) is 6.42 Å². The molecule has 0 saturated heterocycles. The summed E-state index contributed by atoms with van der Waals surface area (Å²) in [7, 11) is 0. The molecule has 1 aliphatic rings. The molecule has 1 N–H and O–H groups in total. The lowest BCUT2D eigenvalue weighted by Crippen LogP contribution is -2.26. The maximum Gasteiger partial charge on any atom is 0.0664 e. The maximum absolute atomic E-state index is 10.6. The lowest BCUT2D eigenvalue weighted by atomic mass is 9.81. The van der Waals surface area contributed by atoms with Gasteiger partial charge in [0, 0.05) is 22.3 Å². The van der Waals surface area contributed by atoms with Crippen LogP contribution in [0.3, 0.4) is 0 Å². The van der Waals surface area contributed by atoms with Crippen molar-refractivity contribution in [2.45, 2.75) is 37.7 Å². The average molecular weight is 332 g/mol. The van der Waals surface area contributed by atoms with Crippen molar-refractivity contribution >= 4 is 15.9 Å². The molecule has 0 bridgehead atoms. The summed E-state index contributed by atoms with van der Waals surface area (Å²) in [6.07, 6.45) is 5.41. The van der Waals surface area contributed by atoms with E-state index >= 15 is 0 Å². The number of pyridine rings is 1. The van der Waals surface area contributed by atoms with Crippen LogP contribution < -0.4 is 0 Å². The van der Waals surface area contributed by atoms with Gasteiger partial charge in [0.15, 0.2) is 0 Å². The molecular formula is C17H18BrNO. The molecule has 20 heavy (non-hydrogen) atoms. The van der Waals surface area contributed by atoms with E-state index in [1.54, 1.807) is 0 Å². The van der Waals surface area contributed by atoms with Crippen LogP contribution in [0.4, 0.5) is 0 Å². The average Bonchev–Trinajstić information content (AvgIpc) is 2.46. The highest BCUT2D eigenvalue weighted by Gasteiger charge is 2.27. The summed E-state index contributed by atoms with van der Waals surface area (Å²) in [6.45, 7) is 0. The maximum atomic E-state index is 10.6. The molecule has 2 unspecified atom stereocenters. The second kappa shape index (κ2) is 6.06. The fourth-order valence-electron chi connectivity index (χ4n) is 3.07. The van der Waals surface area contributed by atoms with Crippen molar-refractivity contribution < 1.29 is 5.11 Å². The minimum absolute atomic E-state index is 0.166. The largest absolute Gasteiger partial charge is 0.392 e. The molecule has 0 radical (unpaired) electrons. The summed E-state index contributed by atoms with van der Waals surface area (Å²) in [5.74, 6) is 0.166. The molecule has 1 heterocycles. The summed E-state index contributed by atoms with van der Waals surface area (Å²) in [4.78, 5) is 4.51. The highest BCUT2D eigenvalue weighted by Crippen LogP contribution is 2.33. The molecule has 0 amide bonds. The van der Waals surface area contributed by atoms with Gasteiger partial charge in [0.2, 0.25) is 0 Å². The number of fused-ring (bicyclic) bond motifs is 1. The van der Waals surface area contributed by atoms with E-state index in [0.717, 1.165) is 35.0 Å². The van der Waals surface area contributed by atoms with E-state index in [9.17, 15) is 5.11 Å². The zero-order valence-electron chi connectivity index (χ0n) is 11.3. The Morgan fingerprint density at radius 3 is 3.05 bits per heavy atom. The number of hydrogen-bond donors (Lipinski definition) is 1. The van der Waals surface area contributed by atoms with Gasteiger partial charge in [-0.1, -0.05) is 34.1 Å². The van der Waals surface area contributed by atoms with E-state index in [-0.39, 0.29) is 12.0 Å². The SMILES string of the molecule is OC(Cc1cccc(Br)c1)C1CCCc2cccnc21. The van der Waals surface area contributed by atoms with E-state index in [1.807, 2.05) is 24.4 Å². The molecule has 0 spiro atoms. The normalized spacial score (nSPS) is 19.4. The molecule has 0 fully saturated rings. The quantitative estimate of drug-likeness (QED) is 0.926. The Hall–Kier alpha value is -1.19. The van der Waals surface area contributed by atoms with Crippen molar-refractivity contribution in [1.82, 2.24) is 4.98 Å². The fraction of sp³-hybridized carbons (Fsp3) is 0.353. The number of aryl methyl sites for hydroxylation is 1. The molecule has 104 valence electrons. The first-order chi connectivity index (χ1) is 9.74. The van der Waals surface area contributed by atoms with Gasteiger partial charge in [-0.3, -0.25) is 4.98 Å². The summed E-state index contributed by atoms with van der Waals surface area (Å²) in [5.41, 5.74) is 3.56. The number of hydrogen-bond acceptors (Lipinski definition) is 2. The van der Waals surface area contributed by atoms with Gasteiger partial charge in [-0.25, -0.2) is 0 Å². The summed E-state index contributed by atoms with van der Waals surface area (Å²) < 4.78 is 1.06. The topological polar surface area (TPSA) is 33.1 Å². The second-order valence-corrected chi connectivity index (χ2v) is 6.36. The molecule has 1 aliphatic carbocycles. The van der Waals surface area contributed by atoms with Crippen molar-refractivity contribution in [1.29, 1.82) is 0 Å². The lowest BCUT2D eigenvalue weighted by molar-refractivity contribution is 0.132. The van der Waals surface area contributed by atoms with Gasteiger partial charge in [0.1, 0.15) is 0 Å². The first-order valence-electron chi connectivity index (χ1n) is 7.10. The van der Waals surface area contributed by atoms with Crippen LogP contribution in [0.25, 0.3) is 0 Å². The van der Waals surface area contributed by atoms with E-state index in [4.69, 9.17) is 0 Å². The minimum atomic E-state index is -0.363. The number of benzene rings is 1. The van der Waals surface area contributed by atoms with E-state index < -0.39 is 0 Å². The van der Waals surface area contributed by atoms with Crippen LogP contribution in [0.15, 0.2) is 47.1 Å². The number of aromatic nitrogens is 1. The Morgan fingerprint density at radius 2 is 2.20 bits per heavy atom. The van der Waals surface area contributed by atoms with Gasteiger partial charge in [-0.2, -0.15) is 0 Å². The number of rotatable bonds is 3. The Balaban J connectivity index is 1.80.